The highest BCUT2D eigenvalue weighted by Gasteiger charge is 2.32. The number of carboxylic acids is 2. The van der Waals surface area contributed by atoms with Crippen molar-refractivity contribution in [3.63, 3.8) is 0 Å². The van der Waals surface area contributed by atoms with Gasteiger partial charge in [0, 0.05) is 0 Å². The Hall–Kier alpha value is -1.84. The fourth-order valence-electron chi connectivity index (χ4n) is 2.99. The summed E-state index contributed by atoms with van der Waals surface area (Å²) >= 11 is 0. The number of benzene rings is 1. The molecule has 22 heavy (non-hydrogen) atoms. The number of unbranched alkanes of at least 4 members (excludes halogenated alkanes) is 2. The highest BCUT2D eigenvalue weighted by molar-refractivity contribution is 6.03. The molecule has 0 radical (unpaired) electrons. The molecule has 0 heterocycles. The molecule has 0 aliphatic carbocycles. The molecule has 1 aromatic carbocycles. The first-order chi connectivity index (χ1) is 10.4. The van der Waals surface area contributed by atoms with E-state index in [1.807, 2.05) is 0 Å². The van der Waals surface area contributed by atoms with Gasteiger partial charge in [-0.25, -0.2) is 9.59 Å². The minimum absolute atomic E-state index is 0.0512. The lowest BCUT2D eigenvalue weighted by Gasteiger charge is -2.32. The Balaban J connectivity index is 3.43. The lowest BCUT2D eigenvalue weighted by molar-refractivity contribution is 0.0648. The SMILES string of the molecule is CCCCC(C)(CCCC)c1cccc(C(=O)O)c1C(=O)O. The van der Waals surface area contributed by atoms with Crippen molar-refractivity contribution in [2.75, 3.05) is 0 Å². The number of hydrogen-bond donors (Lipinski definition) is 2. The summed E-state index contributed by atoms with van der Waals surface area (Å²) in [7, 11) is 0. The van der Waals surface area contributed by atoms with Gasteiger partial charge < -0.3 is 10.2 Å². The summed E-state index contributed by atoms with van der Waals surface area (Å²) in [5.74, 6) is -2.35. The first-order valence-electron chi connectivity index (χ1n) is 7.97. The fraction of sp³-hybridized carbons (Fsp3) is 0.556. The third-order valence-electron chi connectivity index (χ3n) is 4.32. The van der Waals surface area contributed by atoms with Crippen LogP contribution in [0.2, 0.25) is 0 Å². The minimum Gasteiger partial charge on any atom is -0.478 e. The zero-order valence-electron chi connectivity index (χ0n) is 13.7. The van der Waals surface area contributed by atoms with Crippen LogP contribution in [0, 0.1) is 0 Å². The molecule has 0 saturated carbocycles. The molecule has 0 atom stereocenters. The van der Waals surface area contributed by atoms with Gasteiger partial charge >= 0.3 is 11.9 Å². The van der Waals surface area contributed by atoms with Crippen LogP contribution in [0.25, 0.3) is 0 Å². The Morgan fingerprint density at radius 1 is 1.00 bits per heavy atom. The van der Waals surface area contributed by atoms with Crippen molar-refractivity contribution in [1.82, 2.24) is 0 Å². The normalized spacial score (nSPS) is 11.4. The summed E-state index contributed by atoms with van der Waals surface area (Å²) in [6.45, 7) is 6.27. The molecular weight excluding hydrogens is 280 g/mol. The first-order valence-corrected chi connectivity index (χ1v) is 7.97. The van der Waals surface area contributed by atoms with Crippen LogP contribution >= 0.6 is 0 Å². The second-order valence-corrected chi connectivity index (χ2v) is 6.11. The topological polar surface area (TPSA) is 74.6 Å². The van der Waals surface area contributed by atoms with Crippen molar-refractivity contribution in [3.8, 4) is 0 Å². The predicted octanol–water partition coefficient (Wildman–Crippen LogP) is 4.72. The number of carboxylic acid groups (broad SMARTS) is 2. The summed E-state index contributed by atoms with van der Waals surface area (Å²) in [4.78, 5) is 23.0. The zero-order valence-corrected chi connectivity index (χ0v) is 13.7. The van der Waals surface area contributed by atoms with Crippen LogP contribution in [0.4, 0.5) is 0 Å². The molecule has 2 N–H and O–H groups in total. The summed E-state index contributed by atoms with van der Waals surface area (Å²) in [6, 6.07) is 4.80. The highest BCUT2D eigenvalue weighted by atomic mass is 16.4. The van der Waals surface area contributed by atoms with E-state index in [0.29, 0.717) is 5.56 Å². The summed E-state index contributed by atoms with van der Waals surface area (Å²) in [5, 5.41) is 18.8. The maximum atomic E-state index is 11.7. The van der Waals surface area contributed by atoms with Gasteiger partial charge in [0.25, 0.3) is 0 Å². The molecule has 4 heteroatoms. The molecular formula is C18H26O4. The minimum atomic E-state index is -1.19. The van der Waals surface area contributed by atoms with Gasteiger partial charge in [-0.2, -0.15) is 0 Å². The maximum absolute atomic E-state index is 11.7. The Morgan fingerprint density at radius 3 is 1.95 bits per heavy atom. The van der Waals surface area contributed by atoms with Crippen LogP contribution in [0.1, 0.15) is 85.6 Å². The van der Waals surface area contributed by atoms with Crippen LogP contribution in [0.15, 0.2) is 18.2 Å². The lowest BCUT2D eigenvalue weighted by atomic mass is 9.72. The molecule has 0 saturated heterocycles. The average Bonchev–Trinajstić information content (AvgIpc) is 2.50. The van der Waals surface area contributed by atoms with Gasteiger partial charge in [0.2, 0.25) is 0 Å². The third kappa shape index (κ3) is 4.09. The van der Waals surface area contributed by atoms with Gasteiger partial charge in [-0.1, -0.05) is 58.6 Å². The van der Waals surface area contributed by atoms with Crippen molar-refractivity contribution >= 4 is 11.9 Å². The van der Waals surface area contributed by atoms with Crippen LogP contribution in [-0.4, -0.2) is 22.2 Å². The van der Waals surface area contributed by atoms with E-state index in [-0.39, 0.29) is 16.5 Å². The molecule has 0 fully saturated rings. The summed E-state index contributed by atoms with van der Waals surface area (Å²) < 4.78 is 0. The van der Waals surface area contributed by atoms with E-state index in [2.05, 4.69) is 20.8 Å². The number of hydrogen-bond acceptors (Lipinski definition) is 2. The van der Waals surface area contributed by atoms with Crippen molar-refractivity contribution in [1.29, 1.82) is 0 Å². The quantitative estimate of drug-likeness (QED) is 0.692. The van der Waals surface area contributed by atoms with Gasteiger partial charge in [-0.15, -0.1) is 0 Å². The summed E-state index contributed by atoms with van der Waals surface area (Å²) in [6.07, 6.45) is 5.79. The standard InChI is InChI=1S/C18H26O4/c1-4-6-11-18(3,12-7-5-2)14-10-8-9-13(16(19)20)15(14)17(21)22/h8-10H,4-7,11-12H2,1-3H3,(H,19,20)(H,21,22). The van der Waals surface area contributed by atoms with E-state index in [1.54, 1.807) is 12.1 Å². The Kier molecular flexibility index (Phi) is 6.60. The molecule has 0 aliphatic rings. The number of rotatable bonds is 9. The molecule has 0 amide bonds. The van der Waals surface area contributed by atoms with Crippen LogP contribution in [-0.2, 0) is 5.41 Å². The van der Waals surface area contributed by atoms with Crippen LogP contribution in [0.3, 0.4) is 0 Å². The molecule has 0 bridgehead atoms. The smallest absolute Gasteiger partial charge is 0.336 e. The van der Waals surface area contributed by atoms with Crippen molar-refractivity contribution in [3.05, 3.63) is 34.9 Å². The van der Waals surface area contributed by atoms with E-state index in [1.165, 1.54) is 6.07 Å². The van der Waals surface area contributed by atoms with E-state index in [9.17, 15) is 19.8 Å². The maximum Gasteiger partial charge on any atom is 0.336 e. The highest BCUT2D eigenvalue weighted by Crippen LogP contribution is 2.38. The first kappa shape index (κ1) is 18.2. The lowest BCUT2D eigenvalue weighted by Crippen LogP contribution is -2.26. The van der Waals surface area contributed by atoms with Gasteiger partial charge in [0.15, 0.2) is 0 Å². The van der Waals surface area contributed by atoms with Gasteiger partial charge in [-0.05, 0) is 29.9 Å². The molecule has 0 aliphatic heterocycles. The Bertz CT molecular complexity index is 526. The predicted molar refractivity (Wildman–Crippen MR) is 86.8 cm³/mol. The number of aromatic carboxylic acids is 2. The molecule has 122 valence electrons. The van der Waals surface area contributed by atoms with Gasteiger partial charge in [-0.3, -0.25) is 0 Å². The zero-order chi connectivity index (χ0) is 16.8. The van der Waals surface area contributed by atoms with Gasteiger partial charge in [0.1, 0.15) is 0 Å². The number of carbonyl (C=O) groups is 2. The Morgan fingerprint density at radius 2 is 1.55 bits per heavy atom. The largest absolute Gasteiger partial charge is 0.478 e. The molecule has 0 spiro atoms. The summed E-state index contributed by atoms with van der Waals surface area (Å²) in [5.41, 5.74) is 0.182. The molecule has 1 aromatic rings. The van der Waals surface area contributed by atoms with Crippen LogP contribution < -0.4 is 0 Å². The van der Waals surface area contributed by atoms with Crippen LogP contribution in [0.5, 0.6) is 0 Å². The van der Waals surface area contributed by atoms with E-state index in [4.69, 9.17) is 0 Å². The third-order valence-corrected chi connectivity index (χ3v) is 4.32. The fourth-order valence-corrected chi connectivity index (χ4v) is 2.99. The van der Waals surface area contributed by atoms with E-state index in [0.717, 1.165) is 38.5 Å². The average molecular weight is 306 g/mol. The molecule has 4 nitrogen and oxygen atoms in total. The second kappa shape index (κ2) is 7.97. The molecule has 0 aromatic heterocycles. The van der Waals surface area contributed by atoms with E-state index < -0.39 is 11.9 Å². The second-order valence-electron chi connectivity index (χ2n) is 6.11. The molecule has 0 unspecified atom stereocenters. The van der Waals surface area contributed by atoms with Crippen molar-refractivity contribution < 1.29 is 19.8 Å². The monoisotopic (exact) mass is 306 g/mol. The van der Waals surface area contributed by atoms with Crippen molar-refractivity contribution in [2.24, 2.45) is 0 Å². The van der Waals surface area contributed by atoms with Crippen molar-refractivity contribution in [2.45, 2.75) is 64.7 Å². The molecule has 1 rings (SSSR count). The Labute approximate surface area is 132 Å². The van der Waals surface area contributed by atoms with E-state index >= 15 is 0 Å². The van der Waals surface area contributed by atoms with Gasteiger partial charge in [0.05, 0.1) is 11.1 Å².